The van der Waals surface area contributed by atoms with Gasteiger partial charge < -0.3 is 0 Å². The molecule has 78 valence electrons. The van der Waals surface area contributed by atoms with E-state index in [1.54, 1.807) is 0 Å². The molecule has 0 saturated heterocycles. The lowest BCUT2D eigenvalue weighted by atomic mass is 9.77. The summed E-state index contributed by atoms with van der Waals surface area (Å²) >= 11 is 0. The van der Waals surface area contributed by atoms with Crippen molar-refractivity contribution in [2.75, 3.05) is 7.05 Å². The molecular weight excluding hydrogens is 186 g/mol. The molecule has 0 aromatic rings. The first-order valence-corrected chi connectivity index (χ1v) is 6.37. The largest absolute Gasteiger partial charge is 0.218 e. The molecule has 1 aliphatic rings. The van der Waals surface area contributed by atoms with E-state index >= 15 is 0 Å². The molecule has 0 bridgehead atoms. The van der Waals surface area contributed by atoms with Gasteiger partial charge in [0.25, 0.3) is 0 Å². The molecule has 0 aliphatic heterocycles. The average molecular weight is 205 g/mol. The van der Waals surface area contributed by atoms with Gasteiger partial charge in [0, 0.05) is 0 Å². The highest BCUT2D eigenvalue weighted by Gasteiger charge is 2.40. The van der Waals surface area contributed by atoms with Crippen LogP contribution >= 0.6 is 0 Å². The molecule has 1 N–H and O–H groups in total. The van der Waals surface area contributed by atoms with Crippen LogP contribution in [0.4, 0.5) is 0 Å². The summed E-state index contributed by atoms with van der Waals surface area (Å²) in [5, 5.41) is -0.209. The Hall–Kier alpha value is -0.0900. The Labute approximate surface area is 81.0 Å². The van der Waals surface area contributed by atoms with E-state index in [9.17, 15) is 8.42 Å². The first-order valence-electron chi connectivity index (χ1n) is 4.82. The van der Waals surface area contributed by atoms with Gasteiger partial charge in [-0.3, -0.25) is 0 Å². The molecule has 1 rings (SSSR count). The van der Waals surface area contributed by atoms with Gasteiger partial charge in [-0.25, -0.2) is 13.1 Å². The number of rotatable bonds is 2. The predicted molar refractivity (Wildman–Crippen MR) is 54.0 cm³/mol. The highest BCUT2D eigenvalue weighted by Crippen LogP contribution is 2.39. The van der Waals surface area contributed by atoms with Crippen LogP contribution in [0, 0.1) is 5.41 Å². The summed E-state index contributed by atoms with van der Waals surface area (Å²) in [6.45, 7) is 4.09. The van der Waals surface area contributed by atoms with Crippen LogP contribution in [0.25, 0.3) is 0 Å². The number of sulfonamides is 1. The Bertz CT molecular complexity index is 269. The van der Waals surface area contributed by atoms with Crippen LogP contribution in [-0.2, 0) is 10.0 Å². The SMILES string of the molecule is CNS(=O)(=O)C1CCCCC1(C)C. The van der Waals surface area contributed by atoms with E-state index in [0.29, 0.717) is 0 Å². The maximum Gasteiger partial charge on any atom is 0.214 e. The van der Waals surface area contributed by atoms with Crippen molar-refractivity contribution in [3.05, 3.63) is 0 Å². The van der Waals surface area contributed by atoms with Crippen LogP contribution in [0.3, 0.4) is 0 Å². The first-order chi connectivity index (χ1) is 5.90. The maximum absolute atomic E-state index is 11.7. The topological polar surface area (TPSA) is 46.2 Å². The summed E-state index contributed by atoms with van der Waals surface area (Å²) in [5.74, 6) is 0. The fourth-order valence-corrected chi connectivity index (χ4v) is 3.90. The number of nitrogens with one attached hydrogen (secondary N) is 1. The molecular formula is C9H19NO2S. The molecule has 0 aromatic heterocycles. The third-order valence-electron chi connectivity index (χ3n) is 3.07. The molecule has 1 unspecified atom stereocenters. The van der Waals surface area contributed by atoms with Gasteiger partial charge in [0.1, 0.15) is 0 Å². The summed E-state index contributed by atoms with van der Waals surface area (Å²) in [7, 11) is -1.58. The van der Waals surface area contributed by atoms with E-state index in [4.69, 9.17) is 0 Å². The van der Waals surface area contributed by atoms with Gasteiger partial charge in [-0.1, -0.05) is 26.7 Å². The van der Waals surface area contributed by atoms with Crippen LogP contribution in [0.2, 0.25) is 0 Å². The Morgan fingerprint density at radius 1 is 1.31 bits per heavy atom. The highest BCUT2D eigenvalue weighted by atomic mass is 32.2. The minimum absolute atomic E-state index is 0.0694. The van der Waals surface area contributed by atoms with Crippen LogP contribution < -0.4 is 4.72 Å². The van der Waals surface area contributed by atoms with Crippen molar-refractivity contribution in [1.29, 1.82) is 0 Å². The summed E-state index contributed by atoms with van der Waals surface area (Å²) in [6.07, 6.45) is 4.01. The van der Waals surface area contributed by atoms with Gasteiger partial charge in [0.2, 0.25) is 10.0 Å². The molecule has 0 aromatic carbocycles. The molecule has 13 heavy (non-hydrogen) atoms. The van der Waals surface area contributed by atoms with Gasteiger partial charge in [-0.2, -0.15) is 0 Å². The van der Waals surface area contributed by atoms with Gasteiger partial charge in [0.05, 0.1) is 5.25 Å². The summed E-state index contributed by atoms with van der Waals surface area (Å²) in [5.41, 5.74) is -0.0694. The second-order valence-electron chi connectivity index (χ2n) is 4.47. The molecule has 1 atom stereocenters. The minimum atomic E-state index is -3.08. The fourth-order valence-electron chi connectivity index (χ4n) is 2.18. The zero-order valence-electron chi connectivity index (χ0n) is 8.63. The van der Waals surface area contributed by atoms with Crippen LogP contribution in [-0.4, -0.2) is 20.7 Å². The van der Waals surface area contributed by atoms with Gasteiger partial charge in [-0.15, -0.1) is 0 Å². The normalized spacial score (nSPS) is 28.7. The Morgan fingerprint density at radius 3 is 2.38 bits per heavy atom. The Morgan fingerprint density at radius 2 is 1.92 bits per heavy atom. The number of hydrogen-bond acceptors (Lipinski definition) is 2. The molecule has 1 aliphatic carbocycles. The van der Waals surface area contributed by atoms with Crippen molar-refractivity contribution >= 4 is 10.0 Å². The molecule has 0 amide bonds. The Kier molecular flexibility index (Phi) is 3.02. The molecule has 0 spiro atoms. The third kappa shape index (κ3) is 2.23. The maximum atomic E-state index is 11.7. The van der Waals surface area contributed by atoms with E-state index in [-0.39, 0.29) is 10.7 Å². The quantitative estimate of drug-likeness (QED) is 0.742. The molecule has 3 nitrogen and oxygen atoms in total. The van der Waals surface area contributed by atoms with Gasteiger partial charge >= 0.3 is 0 Å². The summed E-state index contributed by atoms with van der Waals surface area (Å²) in [4.78, 5) is 0. The average Bonchev–Trinajstić information content (AvgIpc) is 2.03. The zero-order valence-corrected chi connectivity index (χ0v) is 9.45. The molecule has 1 saturated carbocycles. The molecule has 0 heterocycles. The third-order valence-corrected chi connectivity index (χ3v) is 5.26. The van der Waals surface area contributed by atoms with Crippen molar-refractivity contribution in [2.24, 2.45) is 5.41 Å². The number of hydrogen-bond donors (Lipinski definition) is 1. The van der Waals surface area contributed by atoms with Crippen LogP contribution in [0.1, 0.15) is 39.5 Å². The van der Waals surface area contributed by atoms with Crippen molar-refractivity contribution in [3.63, 3.8) is 0 Å². The highest BCUT2D eigenvalue weighted by molar-refractivity contribution is 7.90. The molecule has 1 fully saturated rings. The van der Waals surface area contributed by atoms with Crippen molar-refractivity contribution in [1.82, 2.24) is 4.72 Å². The first kappa shape index (κ1) is 11.0. The van der Waals surface area contributed by atoms with Crippen LogP contribution in [0.15, 0.2) is 0 Å². The van der Waals surface area contributed by atoms with Gasteiger partial charge in [-0.05, 0) is 25.3 Å². The Balaban J connectivity index is 2.89. The summed E-state index contributed by atoms with van der Waals surface area (Å²) in [6, 6.07) is 0. The fraction of sp³-hybridized carbons (Fsp3) is 1.00. The zero-order chi connectivity index (χ0) is 10.1. The van der Waals surface area contributed by atoms with E-state index in [1.807, 2.05) is 13.8 Å². The lowest BCUT2D eigenvalue weighted by Crippen LogP contribution is -2.44. The second-order valence-corrected chi connectivity index (χ2v) is 6.54. The van der Waals surface area contributed by atoms with E-state index in [0.717, 1.165) is 25.7 Å². The second kappa shape index (κ2) is 3.58. The van der Waals surface area contributed by atoms with E-state index in [1.165, 1.54) is 7.05 Å². The molecule has 0 radical (unpaired) electrons. The lowest BCUT2D eigenvalue weighted by Gasteiger charge is -2.37. The smallest absolute Gasteiger partial charge is 0.214 e. The van der Waals surface area contributed by atoms with Crippen molar-refractivity contribution in [2.45, 2.75) is 44.8 Å². The standard InChI is InChI=1S/C9H19NO2S/c1-9(2)7-5-4-6-8(9)13(11,12)10-3/h8,10H,4-7H2,1-3H3. The predicted octanol–water partition coefficient (Wildman–Crippen LogP) is 1.50. The molecule has 4 heteroatoms. The monoisotopic (exact) mass is 205 g/mol. The van der Waals surface area contributed by atoms with Crippen molar-refractivity contribution < 1.29 is 8.42 Å². The summed E-state index contributed by atoms with van der Waals surface area (Å²) < 4.78 is 25.8. The lowest BCUT2D eigenvalue weighted by molar-refractivity contribution is 0.246. The van der Waals surface area contributed by atoms with Crippen LogP contribution in [0.5, 0.6) is 0 Å². The van der Waals surface area contributed by atoms with Gasteiger partial charge in [0.15, 0.2) is 0 Å². The van der Waals surface area contributed by atoms with E-state index < -0.39 is 10.0 Å². The van der Waals surface area contributed by atoms with Crippen molar-refractivity contribution in [3.8, 4) is 0 Å². The van der Waals surface area contributed by atoms with E-state index in [2.05, 4.69) is 4.72 Å². The minimum Gasteiger partial charge on any atom is -0.218 e.